The van der Waals surface area contributed by atoms with Gasteiger partial charge in [0.2, 0.25) is 0 Å². The van der Waals surface area contributed by atoms with Crippen LogP contribution in [0.2, 0.25) is 0 Å². The zero-order valence-corrected chi connectivity index (χ0v) is 16.2. The summed E-state index contributed by atoms with van der Waals surface area (Å²) in [4.78, 5) is 53.8. The predicted molar refractivity (Wildman–Crippen MR) is 108 cm³/mol. The Bertz CT molecular complexity index is 969. The fourth-order valence-electron chi connectivity index (χ4n) is 3.58. The summed E-state index contributed by atoms with van der Waals surface area (Å²) in [5.74, 6) is -3.59. The van der Waals surface area contributed by atoms with Crippen LogP contribution in [0.5, 0.6) is 0 Å². The Hall–Kier alpha value is -3.10. The van der Waals surface area contributed by atoms with Gasteiger partial charge in [-0.1, -0.05) is 0 Å². The minimum Gasteiger partial charge on any atom is -0.399 e. The number of nitrogens with two attached hydrogens (primary N) is 2. The standard InChI is InChI=1S/C19H14Cl2N4O4/c20-13-15(26)24(11-5-1-9(22)2-6-11)17(28)19(13)14(21)16(27)25(18(19)29)12-7-3-10(23)4-8-12/h1-8,13-14H,22-23H2/t13-,14?,19?/m0/s1. The smallest absolute Gasteiger partial charge is 0.253 e. The number of nitrogens with zero attached hydrogens (tertiary/aromatic N) is 2. The molecule has 0 bridgehead atoms. The van der Waals surface area contributed by atoms with Gasteiger partial charge in [0.25, 0.3) is 23.6 Å². The number of rotatable bonds is 2. The molecular formula is C19H14Cl2N4O4. The van der Waals surface area contributed by atoms with Gasteiger partial charge in [-0.3, -0.25) is 19.2 Å². The van der Waals surface area contributed by atoms with E-state index in [1.807, 2.05) is 0 Å². The van der Waals surface area contributed by atoms with Crippen LogP contribution in [0.4, 0.5) is 22.7 Å². The molecule has 2 aromatic carbocycles. The van der Waals surface area contributed by atoms with Crippen LogP contribution in [-0.4, -0.2) is 34.4 Å². The summed E-state index contributed by atoms with van der Waals surface area (Å²) in [5.41, 5.74) is 10.2. The summed E-state index contributed by atoms with van der Waals surface area (Å²) in [6.07, 6.45) is 0. The maximum Gasteiger partial charge on any atom is 0.253 e. The van der Waals surface area contributed by atoms with E-state index < -0.39 is 39.8 Å². The van der Waals surface area contributed by atoms with Crippen LogP contribution in [0.1, 0.15) is 0 Å². The molecule has 4 rings (SSSR count). The van der Waals surface area contributed by atoms with Crippen molar-refractivity contribution in [3.8, 4) is 0 Å². The van der Waals surface area contributed by atoms with Crippen molar-refractivity contribution in [3.05, 3.63) is 48.5 Å². The maximum absolute atomic E-state index is 13.3. The third-order valence-corrected chi connectivity index (χ3v) is 6.15. The molecule has 0 saturated carbocycles. The molecule has 2 unspecified atom stereocenters. The summed E-state index contributed by atoms with van der Waals surface area (Å²) < 4.78 is 0. The van der Waals surface area contributed by atoms with Crippen molar-refractivity contribution in [2.75, 3.05) is 21.3 Å². The Kier molecular flexibility index (Phi) is 4.29. The van der Waals surface area contributed by atoms with Crippen molar-refractivity contribution < 1.29 is 19.2 Å². The van der Waals surface area contributed by atoms with E-state index in [0.717, 1.165) is 9.80 Å². The lowest BCUT2D eigenvalue weighted by Gasteiger charge is -2.23. The number of amides is 4. The second kappa shape index (κ2) is 6.47. The van der Waals surface area contributed by atoms with Crippen molar-refractivity contribution in [2.24, 2.45) is 5.41 Å². The van der Waals surface area contributed by atoms with Crippen molar-refractivity contribution in [3.63, 3.8) is 0 Å². The van der Waals surface area contributed by atoms with E-state index in [4.69, 9.17) is 34.7 Å². The lowest BCUT2D eigenvalue weighted by molar-refractivity contribution is -0.135. The molecule has 2 saturated heterocycles. The Balaban J connectivity index is 1.82. The maximum atomic E-state index is 13.3. The molecule has 0 aliphatic carbocycles. The first-order valence-corrected chi connectivity index (χ1v) is 9.34. The van der Waals surface area contributed by atoms with Crippen LogP contribution in [0.3, 0.4) is 0 Å². The molecule has 2 fully saturated rings. The highest BCUT2D eigenvalue weighted by Gasteiger charge is 2.74. The number of alkyl halides is 2. The third kappa shape index (κ3) is 2.46. The van der Waals surface area contributed by atoms with Crippen LogP contribution >= 0.6 is 23.2 Å². The van der Waals surface area contributed by atoms with Crippen molar-refractivity contribution in [1.29, 1.82) is 0 Å². The Morgan fingerprint density at radius 1 is 0.655 bits per heavy atom. The molecule has 1 spiro atoms. The summed E-state index contributed by atoms with van der Waals surface area (Å²) in [5, 5.41) is -3.30. The molecule has 4 N–H and O–H groups in total. The molecule has 2 aliphatic rings. The van der Waals surface area contributed by atoms with Gasteiger partial charge >= 0.3 is 0 Å². The number of carbonyl (C=O) groups excluding carboxylic acids is 4. The monoisotopic (exact) mass is 432 g/mol. The quantitative estimate of drug-likeness (QED) is 0.320. The number of halogens is 2. The number of benzene rings is 2. The second-order valence-corrected chi connectivity index (χ2v) is 7.61. The topological polar surface area (TPSA) is 127 Å². The number of imide groups is 2. The third-order valence-electron chi connectivity index (χ3n) is 5.09. The van der Waals surface area contributed by atoms with Gasteiger partial charge in [-0.05, 0) is 48.5 Å². The van der Waals surface area contributed by atoms with E-state index in [2.05, 4.69) is 0 Å². The van der Waals surface area contributed by atoms with Crippen molar-refractivity contribution >= 4 is 69.6 Å². The van der Waals surface area contributed by atoms with Crippen LogP contribution in [0.25, 0.3) is 0 Å². The van der Waals surface area contributed by atoms with E-state index in [1.54, 1.807) is 0 Å². The zero-order chi connectivity index (χ0) is 21.1. The average molecular weight is 433 g/mol. The number of carbonyl (C=O) groups is 4. The highest BCUT2D eigenvalue weighted by molar-refractivity contribution is 6.55. The van der Waals surface area contributed by atoms with E-state index >= 15 is 0 Å². The normalized spacial score (nSPS) is 26.8. The molecule has 2 heterocycles. The highest BCUT2D eigenvalue weighted by atomic mass is 35.5. The molecule has 2 aliphatic heterocycles. The minimum atomic E-state index is -2.25. The summed E-state index contributed by atoms with van der Waals surface area (Å²) in [7, 11) is 0. The van der Waals surface area contributed by atoms with Gasteiger partial charge in [0.15, 0.2) is 5.41 Å². The number of hydrogen-bond donors (Lipinski definition) is 2. The van der Waals surface area contributed by atoms with Crippen LogP contribution in [-0.2, 0) is 19.2 Å². The van der Waals surface area contributed by atoms with Crippen molar-refractivity contribution in [1.82, 2.24) is 0 Å². The van der Waals surface area contributed by atoms with Gasteiger partial charge in [0.05, 0.1) is 11.4 Å². The molecular weight excluding hydrogens is 419 g/mol. The van der Waals surface area contributed by atoms with Crippen LogP contribution < -0.4 is 21.3 Å². The Morgan fingerprint density at radius 3 is 1.28 bits per heavy atom. The van der Waals surface area contributed by atoms with Gasteiger partial charge in [-0.2, -0.15) is 0 Å². The van der Waals surface area contributed by atoms with Gasteiger partial charge < -0.3 is 11.5 Å². The van der Waals surface area contributed by atoms with E-state index in [-0.39, 0.29) is 11.4 Å². The SMILES string of the molecule is Nc1ccc(N2C(=O)C(Cl)C3(C2=O)C(=O)N(c2ccc(N)cc2)C(=O)[C@@H]3Cl)cc1. The lowest BCUT2D eigenvalue weighted by Crippen LogP contribution is -2.48. The first-order chi connectivity index (χ1) is 13.7. The van der Waals surface area contributed by atoms with Gasteiger partial charge in [0.1, 0.15) is 10.8 Å². The molecule has 29 heavy (non-hydrogen) atoms. The first-order valence-electron chi connectivity index (χ1n) is 8.47. The molecule has 8 nitrogen and oxygen atoms in total. The van der Waals surface area contributed by atoms with Crippen LogP contribution in [0.15, 0.2) is 48.5 Å². The Labute approximate surface area is 174 Å². The summed E-state index contributed by atoms with van der Waals surface area (Å²) in [6, 6.07) is 11.7. The van der Waals surface area contributed by atoms with Gasteiger partial charge in [-0.15, -0.1) is 23.2 Å². The first kappa shape index (κ1) is 19.2. The molecule has 10 heteroatoms. The fourth-order valence-corrected chi connectivity index (χ4v) is 4.46. The predicted octanol–water partition coefficient (Wildman–Crippen LogP) is 1.50. The number of hydrogen-bond acceptors (Lipinski definition) is 6. The summed E-state index contributed by atoms with van der Waals surface area (Å²) in [6.45, 7) is 0. The molecule has 3 atom stereocenters. The molecule has 2 aromatic rings. The van der Waals surface area contributed by atoms with Crippen molar-refractivity contribution in [2.45, 2.75) is 10.8 Å². The highest BCUT2D eigenvalue weighted by Crippen LogP contribution is 2.50. The Morgan fingerprint density at radius 2 is 0.966 bits per heavy atom. The molecule has 0 radical (unpaired) electrons. The van der Waals surface area contributed by atoms with Gasteiger partial charge in [0, 0.05) is 11.4 Å². The minimum absolute atomic E-state index is 0.173. The lowest BCUT2D eigenvalue weighted by atomic mass is 9.83. The zero-order valence-electron chi connectivity index (χ0n) is 14.7. The van der Waals surface area contributed by atoms with E-state index in [0.29, 0.717) is 11.4 Å². The molecule has 0 aromatic heterocycles. The average Bonchev–Trinajstić information content (AvgIpc) is 3.02. The van der Waals surface area contributed by atoms with E-state index in [9.17, 15) is 19.2 Å². The number of nitrogen functional groups attached to an aromatic ring is 2. The number of anilines is 4. The largest absolute Gasteiger partial charge is 0.399 e. The van der Waals surface area contributed by atoms with E-state index in [1.165, 1.54) is 48.5 Å². The van der Waals surface area contributed by atoms with Crippen LogP contribution in [0, 0.1) is 5.41 Å². The second-order valence-electron chi connectivity index (χ2n) is 6.73. The molecule has 4 amide bonds. The molecule has 148 valence electrons. The van der Waals surface area contributed by atoms with Gasteiger partial charge in [-0.25, -0.2) is 9.80 Å². The summed E-state index contributed by atoms with van der Waals surface area (Å²) >= 11 is 12.6. The fraction of sp³-hybridized carbons (Fsp3) is 0.158.